The topological polar surface area (TPSA) is 63.3 Å². The van der Waals surface area contributed by atoms with Crippen LogP contribution in [0.4, 0.5) is 0 Å². The number of halogens is 1. The number of rotatable bonds is 4. The lowest BCUT2D eigenvalue weighted by Gasteiger charge is -2.09. The minimum atomic E-state index is -0.888. The second kappa shape index (κ2) is 5.39. The Labute approximate surface area is 97.6 Å². The summed E-state index contributed by atoms with van der Waals surface area (Å²) < 4.78 is 0. The number of nitrogens with two attached hydrogens (primary N) is 1. The third-order valence-electron chi connectivity index (χ3n) is 1.79. The Balaban J connectivity index is 2.64. The predicted octanol–water partition coefficient (Wildman–Crippen LogP) is 2.50. The molecule has 5 heteroatoms. The minimum Gasteiger partial charge on any atom is -0.481 e. The fourth-order valence-corrected chi connectivity index (χ4v) is 2.16. The molecule has 3 nitrogen and oxygen atoms in total. The van der Waals surface area contributed by atoms with Crippen molar-refractivity contribution in [1.82, 2.24) is 0 Å². The van der Waals surface area contributed by atoms with Gasteiger partial charge >= 0.3 is 5.97 Å². The normalized spacial score (nSPS) is 12.5. The van der Waals surface area contributed by atoms with Crippen LogP contribution in [0.5, 0.6) is 0 Å². The minimum absolute atomic E-state index is 0.0493. The molecule has 1 unspecified atom stereocenters. The lowest BCUT2D eigenvalue weighted by molar-refractivity contribution is -0.136. The summed E-state index contributed by atoms with van der Waals surface area (Å²) in [5.74, 6) is -0.888. The van der Waals surface area contributed by atoms with Gasteiger partial charge in [0.25, 0.3) is 0 Å². The first kappa shape index (κ1) is 12.4. The van der Waals surface area contributed by atoms with Crippen molar-refractivity contribution in [1.29, 1.82) is 0 Å². The monoisotopic (exact) mass is 245 g/mol. The quantitative estimate of drug-likeness (QED) is 0.632. The molecule has 1 aromatic carbocycles. The van der Waals surface area contributed by atoms with E-state index in [-0.39, 0.29) is 6.42 Å². The number of benzene rings is 1. The van der Waals surface area contributed by atoms with Gasteiger partial charge in [0.15, 0.2) is 0 Å². The van der Waals surface area contributed by atoms with E-state index in [1.54, 1.807) is 6.07 Å². The molecule has 0 radical (unpaired) electrons. The van der Waals surface area contributed by atoms with Crippen LogP contribution in [0, 0.1) is 6.92 Å². The molecule has 0 bridgehead atoms. The van der Waals surface area contributed by atoms with E-state index < -0.39 is 11.3 Å². The Kier molecular flexibility index (Phi) is 4.45. The number of carboxylic acid groups (broad SMARTS) is 1. The predicted molar refractivity (Wildman–Crippen MR) is 62.3 cm³/mol. The van der Waals surface area contributed by atoms with Gasteiger partial charge in [0.1, 0.15) is 0 Å². The van der Waals surface area contributed by atoms with Gasteiger partial charge in [0, 0.05) is 9.92 Å². The van der Waals surface area contributed by atoms with Crippen LogP contribution in [-0.2, 0) is 4.79 Å². The van der Waals surface area contributed by atoms with Crippen LogP contribution < -0.4 is 5.73 Å². The Morgan fingerprint density at radius 3 is 2.87 bits per heavy atom. The van der Waals surface area contributed by atoms with E-state index in [2.05, 4.69) is 0 Å². The average molecular weight is 246 g/mol. The first-order valence-electron chi connectivity index (χ1n) is 4.39. The van der Waals surface area contributed by atoms with Crippen LogP contribution in [0.25, 0.3) is 0 Å². The molecule has 3 N–H and O–H groups in total. The Hall–Kier alpha value is -0.710. The van der Waals surface area contributed by atoms with Crippen molar-refractivity contribution in [3.05, 3.63) is 28.8 Å². The summed E-state index contributed by atoms with van der Waals surface area (Å²) in [5.41, 5.74) is 6.61. The van der Waals surface area contributed by atoms with Gasteiger partial charge in [-0.25, -0.2) is 0 Å². The fourth-order valence-electron chi connectivity index (χ4n) is 1.08. The van der Waals surface area contributed by atoms with Crippen molar-refractivity contribution in [2.45, 2.75) is 23.6 Å². The summed E-state index contributed by atoms with van der Waals surface area (Å²) in [6.45, 7) is 1.90. The SMILES string of the molecule is Cc1cc(SC(N)CC(=O)O)ccc1Cl. The molecule has 0 fully saturated rings. The highest BCUT2D eigenvalue weighted by molar-refractivity contribution is 7.99. The number of aliphatic carboxylic acids is 1. The fraction of sp³-hybridized carbons (Fsp3) is 0.300. The molecule has 82 valence electrons. The average Bonchev–Trinajstić information content (AvgIpc) is 2.10. The molecule has 0 aliphatic heterocycles. The van der Waals surface area contributed by atoms with Gasteiger partial charge in [-0.15, -0.1) is 11.8 Å². The molecule has 0 aromatic heterocycles. The zero-order valence-electron chi connectivity index (χ0n) is 8.24. The highest BCUT2D eigenvalue weighted by Crippen LogP contribution is 2.26. The van der Waals surface area contributed by atoms with Crippen molar-refractivity contribution in [3.8, 4) is 0 Å². The van der Waals surface area contributed by atoms with Crippen LogP contribution in [0.15, 0.2) is 23.1 Å². The van der Waals surface area contributed by atoms with E-state index in [4.69, 9.17) is 22.4 Å². The summed E-state index contributed by atoms with van der Waals surface area (Å²) in [4.78, 5) is 11.3. The zero-order valence-corrected chi connectivity index (χ0v) is 9.81. The Morgan fingerprint density at radius 2 is 2.33 bits per heavy atom. The van der Waals surface area contributed by atoms with Crippen LogP contribution >= 0.6 is 23.4 Å². The molecule has 15 heavy (non-hydrogen) atoms. The van der Waals surface area contributed by atoms with Gasteiger partial charge in [-0.2, -0.15) is 0 Å². The molecule has 0 aliphatic rings. The molecular weight excluding hydrogens is 234 g/mol. The van der Waals surface area contributed by atoms with Gasteiger partial charge in [0.05, 0.1) is 11.8 Å². The smallest absolute Gasteiger partial charge is 0.305 e. The van der Waals surface area contributed by atoms with Crippen LogP contribution in [0.2, 0.25) is 5.02 Å². The van der Waals surface area contributed by atoms with Crippen molar-refractivity contribution >= 4 is 29.3 Å². The molecule has 0 spiro atoms. The molecule has 0 saturated heterocycles. The molecule has 0 saturated carbocycles. The molecule has 0 heterocycles. The number of hydrogen-bond donors (Lipinski definition) is 2. The second-order valence-corrected chi connectivity index (χ2v) is 4.88. The van der Waals surface area contributed by atoms with Gasteiger partial charge in [-0.3, -0.25) is 4.79 Å². The Bertz CT molecular complexity index is 370. The van der Waals surface area contributed by atoms with E-state index in [9.17, 15) is 4.79 Å². The number of thioether (sulfide) groups is 1. The maximum Gasteiger partial charge on any atom is 0.305 e. The number of carboxylic acids is 1. The molecule has 1 aromatic rings. The van der Waals surface area contributed by atoms with Crippen LogP contribution in [0.3, 0.4) is 0 Å². The number of carbonyl (C=O) groups is 1. The standard InChI is InChI=1S/C10H12ClNO2S/c1-6-4-7(2-3-8(6)11)15-9(12)5-10(13)14/h2-4,9H,5,12H2,1H3,(H,13,14). The molecule has 1 atom stereocenters. The zero-order chi connectivity index (χ0) is 11.4. The molecule has 0 aliphatic carbocycles. The number of aryl methyl sites for hydroxylation is 1. The van der Waals surface area contributed by atoms with Gasteiger partial charge < -0.3 is 10.8 Å². The van der Waals surface area contributed by atoms with E-state index in [0.717, 1.165) is 10.5 Å². The van der Waals surface area contributed by atoms with Gasteiger partial charge in [-0.05, 0) is 30.7 Å². The number of hydrogen-bond acceptors (Lipinski definition) is 3. The van der Waals surface area contributed by atoms with Gasteiger partial charge in [-0.1, -0.05) is 11.6 Å². The van der Waals surface area contributed by atoms with Crippen molar-refractivity contribution in [3.63, 3.8) is 0 Å². The third-order valence-corrected chi connectivity index (χ3v) is 3.21. The van der Waals surface area contributed by atoms with E-state index in [1.165, 1.54) is 11.8 Å². The van der Waals surface area contributed by atoms with E-state index >= 15 is 0 Å². The second-order valence-electron chi connectivity index (χ2n) is 3.17. The summed E-state index contributed by atoms with van der Waals surface area (Å²) >= 11 is 7.20. The van der Waals surface area contributed by atoms with E-state index in [1.807, 2.05) is 19.1 Å². The largest absolute Gasteiger partial charge is 0.481 e. The lowest BCUT2D eigenvalue weighted by atomic mass is 10.2. The molecular formula is C10H12ClNO2S. The Morgan fingerprint density at radius 1 is 1.67 bits per heavy atom. The van der Waals surface area contributed by atoms with Crippen molar-refractivity contribution < 1.29 is 9.90 Å². The third kappa shape index (κ3) is 4.11. The van der Waals surface area contributed by atoms with Crippen LogP contribution in [0.1, 0.15) is 12.0 Å². The first-order valence-corrected chi connectivity index (χ1v) is 5.65. The van der Waals surface area contributed by atoms with Crippen molar-refractivity contribution in [2.75, 3.05) is 0 Å². The highest BCUT2D eigenvalue weighted by Gasteiger charge is 2.09. The van der Waals surface area contributed by atoms with Gasteiger partial charge in [0.2, 0.25) is 0 Å². The van der Waals surface area contributed by atoms with Crippen molar-refractivity contribution in [2.24, 2.45) is 5.73 Å². The molecule has 0 amide bonds. The molecule has 1 rings (SSSR count). The maximum absolute atomic E-state index is 10.4. The van der Waals surface area contributed by atoms with Crippen LogP contribution in [-0.4, -0.2) is 16.4 Å². The highest BCUT2D eigenvalue weighted by atomic mass is 35.5. The van der Waals surface area contributed by atoms with E-state index in [0.29, 0.717) is 5.02 Å². The summed E-state index contributed by atoms with van der Waals surface area (Å²) in [6, 6.07) is 5.52. The summed E-state index contributed by atoms with van der Waals surface area (Å²) in [5, 5.41) is 8.82. The summed E-state index contributed by atoms with van der Waals surface area (Å²) in [6.07, 6.45) is -0.0493. The summed E-state index contributed by atoms with van der Waals surface area (Å²) in [7, 11) is 0. The lowest BCUT2D eigenvalue weighted by Crippen LogP contribution is -2.19. The first-order chi connectivity index (χ1) is 6.99. The maximum atomic E-state index is 10.4.